The van der Waals surface area contributed by atoms with E-state index in [0.717, 1.165) is 22.2 Å². The number of benzene rings is 1. The van der Waals surface area contributed by atoms with Crippen LogP contribution in [0.3, 0.4) is 0 Å². The van der Waals surface area contributed by atoms with Gasteiger partial charge < -0.3 is 13.7 Å². The summed E-state index contributed by atoms with van der Waals surface area (Å²) in [5, 5.41) is 8.16. The molecule has 0 amide bonds. The van der Waals surface area contributed by atoms with E-state index in [-0.39, 0.29) is 18.3 Å². The van der Waals surface area contributed by atoms with Gasteiger partial charge in [-0.2, -0.15) is 4.98 Å². The maximum absolute atomic E-state index is 11.8. The maximum Gasteiger partial charge on any atom is 0.374 e. The molecule has 0 fully saturated rings. The SMILES string of the molecule is NS(=O)(=O)c1ccc(C(=O)OCc2nc(-c3cccc(Br)c3)no2)o1. The third kappa shape index (κ3) is 4.13. The van der Waals surface area contributed by atoms with Crippen LogP contribution in [0.1, 0.15) is 16.4 Å². The Hall–Kier alpha value is -2.50. The zero-order valence-electron chi connectivity index (χ0n) is 12.4. The number of rotatable bonds is 5. The summed E-state index contributed by atoms with van der Waals surface area (Å²) in [6.07, 6.45) is 0. The van der Waals surface area contributed by atoms with Crippen LogP contribution < -0.4 is 5.14 Å². The normalized spacial score (nSPS) is 11.4. The van der Waals surface area contributed by atoms with Crippen molar-refractivity contribution in [2.45, 2.75) is 11.7 Å². The molecule has 0 bridgehead atoms. The van der Waals surface area contributed by atoms with E-state index in [9.17, 15) is 13.2 Å². The molecule has 0 aliphatic rings. The molecule has 130 valence electrons. The molecule has 9 nitrogen and oxygen atoms in total. The van der Waals surface area contributed by atoms with Gasteiger partial charge in [0.25, 0.3) is 15.9 Å². The molecule has 0 saturated heterocycles. The van der Waals surface area contributed by atoms with Gasteiger partial charge in [0, 0.05) is 10.0 Å². The number of sulfonamides is 1. The van der Waals surface area contributed by atoms with Crippen LogP contribution in [-0.4, -0.2) is 24.5 Å². The summed E-state index contributed by atoms with van der Waals surface area (Å²) in [6, 6.07) is 9.47. The van der Waals surface area contributed by atoms with E-state index in [1.807, 2.05) is 12.1 Å². The summed E-state index contributed by atoms with van der Waals surface area (Å²) < 4.78 is 37.8. The quantitative estimate of drug-likeness (QED) is 0.610. The highest BCUT2D eigenvalue weighted by Gasteiger charge is 2.19. The van der Waals surface area contributed by atoms with Crippen LogP contribution in [0, 0.1) is 0 Å². The molecule has 0 aliphatic carbocycles. The number of ether oxygens (including phenoxy) is 1. The lowest BCUT2D eigenvalue weighted by molar-refractivity contribution is 0.0388. The van der Waals surface area contributed by atoms with Gasteiger partial charge in [0.15, 0.2) is 6.61 Å². The second-order valence-corrected chi connectivity index (χ2v) is 7.17. The molecule has 0 spiro atoms. The Morgan fingerprint density at radius 2 is 2.08 bits per heavy atom. The third-order valence-electron chi connectivity index (χ3n) is 2.94. The van der Waals surface area contributed by atoms with Gasteiger partial charge in [-0.05, 0) is 24.3 Å². The first-order valence-corrected chi connectivity index (χ1v) is 9.05. The minimum absolute atomic E-state index is 0.0709. The number of aromatic nitrogens is 2. The molecule has 0 aliphatic heterocycles. The van der Waals surface area contributed by atoms with Crippen molar-refractivity contribution < 1.29 is 26.9 Å². The van der Waals surface area contributed by atoms with E-state index in [0.29, 0.717) is 5.82 Å². The largest absolute Gasteiger partial charge is 0.450 e. The van der Waals surface area contributed by atoms with E-state index >= 15 is 0 Å². The molecule has 0 saturated carbocycles. The molecule has 3 aromatic rings. The number of furan rings is 1. The molecule has 2 aromatic heterocycles. The number of nitrogens with two attached hydrogens (primary N) is 1. The fourth-order valence-corrected chi connectivity index (χ4v) is 2.70. The molecule has 25 heavy (non-hydrogen) atoms. The number of esters is 1. The lowest BCUT2D eigenvalue weighted by Crippen LogP contribution is -2.11. The van der Waals surface area contributed by atoms with E-state index in [1.54, 1.807) is 12.1 Å². The van der Waals surface area contributed by atoms with Crippen molar-refractivity contribution >= 4 is 31.9 Å². The number of halogens is 1. The molecule has 0 radical (unpaired) electrons. The highest BCUT2D eigenvalue weighted by molar-refractivity contribution is 9.10. The highest BCUT2D eigenvalue weighted by Crippen LogP contribution is 2.20. The first-order valence-electron chi connectivity index (χ1n) is 6.71. The van der Waals surface area contributed by atoms with Gasteiger partial charge in [-0.15, -0.1) is 0 Å². The predicted octanol–water partition coefficient (Wildman–Crippen LogP) is 2.10. The van der Waals surface area contributed by atoms with Crippen molar-refractivity contribution in [1.29, 1.82) is 0 Å². The second-order valence-electron chi connectivity index (χ2n) is 4.76. The van der Waals surface area contributed by atoms with E-state index < -0.39 is 21.1 Å². The first-order chi connectivity index (χ1) is 11.8. The summed E-state index contributed by atoms with van der Waals surface area (Å²) in [5.74, 6) is -0.795. The summed E-state index contributed by atoms with van der Waals surface area (Å²) in [7, 11) is -4.03. The van der Waals surface area contributed by atoms with Crippen molar-refractivity contribution in [3.63, 3.8) is 0 Å². The molecule has 0 atom stereocenters. The number of carbonyl (C=O) groups excluding carboxylic acids is 1. The Bertz CT molecular complexity index is 1030. The molecule has 2 heterocycles. The average molecular weight is 428 g/mol. The number of hydrogen-bond acceptors (Lipinski definition) is 8. The number of carbonyl (C=O) groups is 1. The number of nitrogens with zero attached hydrogens (tertiary/aromatic N) is 2. The Morgan fingerprint density at radius 1 is 1.28 bits per heavy atom. The summed E-state index contributed by atoms with van der Waals surface area (Å²) in [5.41, 5.74) is 0.722. The molecular formula is C14H10BrN3O6S. The Morgan fingerprint density at radius 3 is 2.76 bits per heavy atom. The molecule has 1 aromatic carbocycles. The van der Waals surface area contributed by atoms with Crippen LogP contribution in [0.25, 0.3) is 11.4 Å². The van der Waals surface area contributed by atoms with Crippen LogP contribution in [-0.2, 0) is 21.4 Å². The number of primary sulfonamides is 1. The zero-order chi connectivity index (χ0) is 18.0. The predicted molar refractivity (Wildman–Crippen MR) is 86.6 cm³/mol. The van der Waals surface area contributed by atoms with E-state index in [4.69, 9.17) is 18.8 Å². The fourth-order valence-electron chi connectivity index (χ4n) is 1.84. The molecular weight excluding hydrogens is 418 g/mol. The fraction of sp³-hybridized carbons (Fsp3) is 0.0714. The van der Waals surface area contributed by atoms with Crippen LogP contribution in [0.5, 0.6) is 0 Å². The molecule has 3 rings (SSSR count). The van der Waals surface area contributed by atoms with E-state index in [1.165, 1.54) is 0 Å². The smallest absolute Gasteiger partial charge is 0.374 e. The van der Waals surface area contributed by atoms with E-state index in [2.05, 4.69) is 26.1 Å². The van der Waals surface area contributed by atoms with Gasteiger partial charge >= 0.3 is 5.97 Å². The maximum atomic E-state index is 11.8. The molecule has 11 heteroatoms. The van der Waals surface area contributed by atoms with Gasteiger partial charge in [0.05, 0.1) is 0 Å². The van der Waals surface area contributed by atoms with Gasteiger partial charge in [0.2, 0.25) is 16.7 Å². The monoisotopic (exact) mass is 427 g/mol. The highest BCUT2D eigenvalue weighted by atomic mass is 79.9. The molecule has 0 unspecified atom stereocenters. The van der Waals surface area contributed by atoms with Crippen LogP contribution in [0.15, 0.2) is 54.9 Å². The van der Waals surface area contributed by atoms with Crippen molar-refractivity contribution in [2.75, 3.05) is 0 Å². The first kappa shape index (κ1) is 17.3. The van der Waals surface area contributed by atoms with Crippen LogP contribution >= 0.6 is 15.9 Å². The topological polar surface area (TPSA) is 139 Å². The number of hydrogen-bond donors (Lipinski definition) is 1. The standard InChI is InChI=1S/C14H10BrN3O6S/c15-9-3-1-2-8(6-9)13-17-11(24-18-13)7-22-14(19)10-4-5-12(23-10)25(16,20)21/h1-6H,7H2,(H2,16,20,21). The lowest BCUT2D eigenvalue weighted by Gasteiger charge is -1.98. The van der Waals surface area contributed by atoms with Crippen LogP contribution in [0.4, 0.5) is 0 Å². The van der Waals surface area contributed by atoms with Gasteiger partial charge in [0.1, 0.15) is 0 Å². The zero-order valence-corrected chi connectivity index (χ0v) is 14.8. The Labute approximate surface area is 149 Å². The second kappa shape index (κ2) is 6.78. The summed E-state index contributed by atoms with van der Waals surface area (Å²) in [4.78, 5) is 15.9. The van der Waals surface area contributed by atoms with Crippen LogP contribution in [0.2, 0.25) is 0 Å². The molecule has 2 N–H and O–H groups in total. The Kier molecular flexibility index (Phi) is 4.70. The third-order valence-corrected chi connectivity index (χ3v) is 4.21. The summed E-state index contributed by atoms with van der Waals surface area (Å²) in [6.45, 7) is -0.300. The Balaban J connectivity index is 1.66. The van der Waals surface area contributed by atoms with Crippen molar-refractivity contribution in [1.82, 2.24) is 10.1 Å². The summed E-state index contributed by atoms with van der Waals surface area (Å²) >= 11 is 3.34. The van der Waals surface area contributed by atoms with Gasteiger partial charge in [-0.1, -0.05) is 33.2 Å². The minimum atomic E-state index is -4.03. The minimum Gasteiger partial charge on any atom is -0.450 e. The van der Waals surface area contributed by atoms with Crippen molar-refractivity contribution in [3.05, 3.63) is 52.5 Å². The van der Waals surface area contributed by atoms with Crippen molar-refractivity contribution in [2.24, 2.45) is 5.14 Å². The van der Waals surface area contributed by atoms with Gasteiger partial charge in [-0.25, -0.2) is 18.4 Å². The average Bonchev–Trinajstić information content (AvgIpc) is 3.22. The van der Waals surface area contributed by atoms with Gasteiger partial charge in [-0.3, -0.25) is 0 Å². The lowest BCUT2D eigenvalue weighted by atomic mass is 10.2. The van der Waals surface area contributed by atoms with Crippen molar-refractivity contribution in [3.8, 4) is 11.4 Å².